The average molecular weight is 454 g/mol. The van der Waals surface area contributed by atoms with Gasteiger partial charge in [-0.05, 0) is 23.3 Å². The van der Waals surface area contributed by atoms with Crippen LogP contribution in [0.2, 0.25) is 5.02 Å². The summed E-state index contributed by atoms with van der Waals surface area (Å²) >= 11 is 6.60. The minimum Gasteiger partial charge on any atom is -0.368 e. The Kier molecular flexibility index (Phi) is 5.03. The van der Waals surface area contributed by atoms with Gasteiger partial charge in [-0.15, -0.1) is 0 Å². The molecule has 2 heterocycles. The highest BCUT2D eigenvalue weighted by molar-refractivity contribution is 6.31. The first-order valence-electron chi connectivity index (χ1n) is 10.6. The molecule has 4 atom stereocenters. The zero-order chi connectivity index (χ0) is 23.2. The molecule has 3 aromatic rings. The summed E-state index contributed by atoms with van der Waals surface area (Å²) < 4.78 is 0. The van der Waals surface area contributed by atoms with Crippen molar-refractivity contribution in [2.24, 2.45) is 11.1 Å². The first kappa shape index (κ1) is 21.0. The number of carbonyl (C=O) groups is 2. The Hall–Kier alpha value is -3.88. The third kappa shape index (κ3) is 2.99. The van der Waals surface area contributed by atoms with Crippen LogP contribution in [-0.4, -0.2) is 23.8 Å². The van der Waals surface area contributed by atoms with Gasteiger partial charge in [-0.1, -0.05) is 90.5 Å². The van der Waals surface area contributed by atoms with E-state index in [9.17, 15) is 14.9 Å². The lowest BCUT2D eigenvalue weighted by atomic mass is 9.67. The molecule has 1 fully saturated rings. The fourth-order valence-corrected chi connectivity index (χ4v) is 5.53. The lowest BCUT2D eigenvalue weighted by Crippen LogP contribution is -2.49. The SMILES string of the molecule is N#C[C@]1(C(N)=O)[C@H](c2ccccc2Cl)[C@@H](C(=O)c2ccccc2)N2c3ccccc3C=C[C@H]21. The normalized spacial score (nSPS) is 25.1. The van der Waals surface area contributed by atoms with Crippen LogP contribution in [0.15, 0.2) is 84.9 Å². The van der Waals surface area contributed by atoms with Gasteiger partial charge in [0.15, 0.2) is 11.2 Å². The number of Topliss-reactive ketones (excluding diaryl/α,β-unsaturated/α-hetero) is 1. The van der Waals surface area contributed by atoms with E-state index >= 15 is 0 Å². The number of hydrogen-bond donors (Lipinski definition) is 1. The van der Waals surface area contributed by atoms with Crippen LogP contribution in [0.5, 0.6) is 0 Å². The van der Waals surface area contributed by atoms with E-state index < -0.39 is 29.3 Å². The number of nitriles is 1. The van der Waals surface area contributed by atoms with Crippen molar-refractivity contribution in [1.29, 1.82) is 5.26 Å². The molecule has 2 N–H and O–H groups in total. The first-order valence-corrected chi connectivity index (χ1v) is 11.0. The Balaban J connectivity index is 1.84. The van der Waals surface area contributed by atoms with Crippen molar-refractivity contribution < 1.29 is 9.59 Å². The maximum Gasteiger partial charge on any atom is 0.241 e. The van der Waals surface area contributed by atoms with Crippen LogP contribution in [-0.2, 0) is 4.79 Å². The number of benzene rings is 3. The van der Waals surface area contributed by atoms with Crippen LogP contribution in [0.3, 0.4) is 0 Å². The van der Waals surface area contributed by atoms with Crippen molar-refractivity contribution in [3.8, 4) is 6.07 Å². The number of anilines is 1. The molecule has 0 radical (unpaired) electrons. The molecule has 1 amide bonds. The van der Waals surface area contributed by atoms with Crippen LogP contribution < -0.4 is 10.6 Å². The van der Waals surface area contributed by atoms with Gasteiger partial charge in [0.05, 0.1) is 12.1 Å². The number of fused-ring (bicyclic) bond motifs is 3. The molecular formula is C27H20ClN3O2. The molecule has 0 aromatic heterocycles. The molecular weight excluding hydrogens is 434 g/mol. The third-order valence-corrected chi connectivity index (χ3v) is 7.05. The van der Waals surface area contributed by atoms with Crippen molar-refractivity contribution in [3.05, 3.63) is 107 Å². The highest BCUT2D eigenvalue weighted by Gasteiger charge is 2.66. The lowest BCUT2D eigenvalue weighted by molar-refractivity contribution is -0.125. The Morgan fingerprint density at radius 1 is 0.970 bits per heavy atom. The molecule has 0 unspecified atom stereocenters. The number of halogens is 1. The number of carbonyl (C=O) groups excluding carboxylic acids is 2. The van der Waals surface area contributed by atoms with Crippen molar-refractivity contribution in [2.75, 3.05) is 4.90 Å². The Labute approximate surface area is 196 Å². The van der Waals surface area contributed by atoms with Gasteiger partial charge < -0.3 is 10.6 Å². The number of nitrogens with two attached hydrogens (primary N) is 1. The first-order chi connectivity index (χ1) is 16.0. The van der Waals surface area contributed by atoms with Crippen LogP contribution in [0.1, 0.15) is 27.4 Å². The van der Waals surface area contributed by atoms with Crippen LogP contribution in [0, 0.1) is 16.7 Å². The fourth-order valence-electron chi connectivity index (χ4n) is 5.27. The summed E-state index contributed by atoms with van der Waals surface area (Å²) in [6, 6.07) is 24.2. The topological polar surface area (TPSA) is 87.2 Å². The van der Waals surface area contributed by atoms with Crippen LogP contribution >= 0.6 is 11.6 Å². The molecule has 0 bridgehead atoms. The molecule has 2 aliphatic rings. The summed E-state index contributed by atoms with van der Waals surface area (Å²) in [6.07, 6.45) is 3.68. The minimum absolute atomic E-state index is 0.200. The van der Waals surface area contributed by atoms with Crippen LogP contribution in [0.4, 0.5) is 5.69 Å². The smallest absolute Gasteiger partial charge is 0.241 e. The molecule has 33 heavy (non-hydrogen) atoms. The summed E-state index contributed by atoms with van der Waals surface area (Å²) in [5.41, 5.74) is 6.98. The largest absolute Gasteiger partial charge is 0.368 e. The molecule has 3 aromatic carbocycles. The Morgan fingerprint density at radius 2 is 1.64 bits per heavy atom. The van der Waals surface area contributed by atoms with Gasteiger partial charge in [0.2, 0.25) is 5.91 Å². The lowest BCUT2D eigenvalue weighted by Gasteiger charge is -2.36. The van der Waals surface area contributed by atoms with E-state index in [1.165, 1.54) is 0 Å². The third-order valence-electron chi connectivity index (χ3n) is 6.71. The highest BCUT2D eigenvalue weighted by atomic mass is 35.5. The van der Waals surface area contributed by atoms with E-state index in [4.69, 9.17) is 17.3 Å². The van der Waals surface area contributed by atoms with Crippen LogP contribution in [0.25, 0.3) is 6.08 Å². The second kappa shape index (κ2) is 7.91. The van der Waals surface area contributed by atoms with Crippen molar-refractivity contribution in [1.82, 2.24) is 0 Å². The molecule has 0 spiro atoms. The van der Waals surface area contributed by atoms with Gasteiger partial charge in [0.25, 0.3) is 0 Å². The highest BCUT2D eigenvalue weighted by Crippen LogP contribution is 2.56. The standard InChI is InChI=1S/C27H20ClN3O2/c28-20-12-6-5-11-19(20)23-24(25(32)18-9-2-1-3-10-18)31-21-13-7-4-8-17(21)14-15-22(31)27(23,16-29)26(30)33/h1-15,22-24H,(H2,30,33)/t22-,23+,24-,27+/m0/s1. The second-order valence-electron chi connectivity index (χ2n) is 8.29. The zero-order valence-electron chi connectivity index (χ0n) is 17.6. The predicted molar refractivity (Wildman–Crippen MR) is 128 cm³/mol. The number of nitrogens with zero attached hydrogens (tertiary/aromatic N) is 2. The molecule has 0 aliphatic carbocycles. The zero-order valence-corrected chi connectivity index (χ0v) is 18.3. The molecule has 0 saturated carbocycles. The summed E-state index contributed by atoms with van der Waals surface area (Å²) in [5.74, 6) is -1.85. The minimum atomic E-state index is -1.70. The fraction of sp³-hybridized carbons (Fsp3) is 0.148. The summed E-state index contributed by atoms with van der Waals surface area (Å²) in [7, 11) is 0. The number of rotatable bonds is 4. The number of para-hydroxylation sites is 1. The summed E-state index contributed by atoms with van der Waals surface area (Å²) in [6.45, 7) is 0. The van der Waals surface area contributed by atoms with Crippen molar-refractivity contribution in [3.63, 3.8) is 0 Å². The van der Waals surface area contributed by atoms with E-state index in [0.717, 1.165) is 11.3 Å². The van der Waals surface area contributed by atoms with E-state index in [-0.39, 0.29) is 5.78 Å². The molecule has 2 aliphatic heterocycles. The Bertz CT molecular complexity index is 1330. The molecule has 5 nitrogen and oxygen atoms in total. The predicted octanol–water partition coefficient (Wildman–Crippen LogP) is 4.59. The molecule has 6 heteroatoms. The average Bonchev–Trinajstić information content (AvgIpc) is 3.16. The van der Waals surface area contributed by atoms with E-state index in [2.05, 4.69) is 6.07 Å². The maximum atomic E-state index is 14.1. The summed E-state index contributed by atoms with van der Waals surface area (Å²) in [4.78, 5) is 29.1. The number of hydrogen-bond acceptors (Lipinski definition) is 4. The molecule has 5 rings (SSSR count). The van der Waals surface area contributed by atoms with Gasteiger partial charge in [-0.3, -0.25) is 9.59 Å². The monoisotopic (exact) mass is 453 g/mol. The summed E-state index contributed by atoms with van der Waals surface area (Å²) in [5, 5.41) is 10.9. The van der Waals surface area contributed by atoms with Gasteiger partial charge in [-0.25, -0.2) is 0 Å². The van der Waals surface area contributed by atoms with Gasteiger partial charge in [0, 0.05) is 22.2 Å². The van der Waals surface area contributed by atoms with Gasteiger partial charge in [0.1, 0.15) is 6.04 Å². The number of ketones is 1. The van der Waals surface area contributed by atoms with Crippen molar-refractivity contribution in [2.45, 2.75) is 18.0 Å². The number of amides is 1. The molecule has 162 valence electrons. The quantitative estimate of drug-likeness (QED) is 0.585. The van der Waals surface area contributed by atoms with E-state index in [1.807, 2.05) is 41.3 Å². The second-order valence-corrected chi connectivity index (χ2v) is 8.70. The number of primary amides is 1. The molecule has 1 saturated heterocycles. The maximum absolute atomic E-state index is 14.1. The van der Waals surface area contributed by atoms with Gasteiger partial charge >= 0.3 is 0 Å². The van der Waals surface area contributed by atoms with Gasteiger partial charge in [-0.2, -0.15) is 5.26 Å². The van der Waals surface area contributed by atoms with E-state index in [1.54, 1.807) is 54.6 Å². The van der Waals surface area contributed by atoms with E-state index in [0.29, 0.717) is 16.1 Å². The Morgan fingerprint density at radius 3 is 2.33 bits per heavy atom. The van der Waals surface area contributed by atoms with Crippen molar-refractivity contribution >= 4 is 35.1 Å².